The molecule has 0 amide bonds. The lowest BCUT2D eigenvalue weighted by Crippen LogP contribution is -2.12. The Hall–Kier alpha value is -0.780. The molecule has 0 saturated carbocycles. The number of aryl methyl sites for hydroxylation is 1. The smallest absolute Gasteiger partial charge is 0.00899 e. The van der Waals surface area contributed by atoms with E-state index in [4.69, 9.17) is 0 Å². The van der Waals surface area contributed by atoms with Gasteiger partial charge < -0.3 is 0 Å². The Morgan fingerprint density at radius 1 is 1.18 bits per heavy atom. The second-order valence-electron chi connectivity index (χ2n) is 6.51. The van der Waals surface area contributed by atoms with Crippen LogP contribution < -0.4 is 0 Å². The molecule has 0 aliphatic heterocycles. The summed E-state index contributed by atoms with van der Waals surface area (Å²) < 4.78 is 0. The molecule has 0 heteroatoms. The molecule has 0 bridgehead atoms. The van der Waals surface area contributed by atoms with Crippen molar-refractivity contribution in [3.05, 3.63) is 40.8 Å². The molecule has 0 spiro atoms. The third kappa shape index (κ3) is 3.12. The molecule has 2 rings (SSSR count). The van der Waals surface area contributed by atoms with E-state index in [1.807, 2.05) is 0 Å². The summed E-state index contributed by atoms with van der Waals surface area (Å²) in [7, 11) is 0. The molecule has 0 nitrogen and oxygen atoms in total. The average Bonchev–Trinajstić information content (AvgIpc) is 2.25. The predicted octanol–water partition coefficient (Wildman–Crippen LogP) is 4.73. The Bertz CT molecular complexity index is 376. The minimum atomic E-state index is 0.383. The Kier molecular flexibility index (Phi) is 3.61. The Labute approximate surface area is 106 Å². The maximum absolute atomic E-state index is 2.45. The van der Waals surface area contributed by atoms with Crippen molar-refractivity contribution >= 4 is 0 Å². The quantitative estimate of drug-likeness (QED) is 0.688. The van der Waals surface area contributed by atoms with Gasteiger partial charge in [-0.15, -0.1) is 0 Å². The maximum atomic E-state index is 2.45. The molecule has 17 heavy (non-hydrogen) atoms. The van der Waals surface area contributed by atoms with E-state index >= 15 is 0 Å². The fourth-order valence-corrected chi connectivity index (χ4v) is 2.88. The number of rotatable bonds is 2. The van der Waals surface area contributed by atoms with Crippen LogP contribution in [-0.2, 0) is 19.3 Å². The van der Waals surface area contributed by atoms with Gasteiger partial charge in [0.25, 0.3) is 0 Å². The first kappa shape index (κ1) is 12.7. The van der Waals surface area contributed by atoms with Crippen LogP contribution in [-0.4, -0.2) is 0 Å². The van der Waals surface area contributed by atoms with Gasteiger partial charge in [-0.05, 0) is 66.2 Å². The van der Waals surface area contributed by atoms with Crippen molar-refractivity contribution in [2.45, 2.75) is 59.8 Å². The van der Waals surface area contributed by atoms with Crippen LogP contribution in [0.25, 0.3) is 0 Å². The molecule has 1 aliphatic rings. The second-order valence-corrected chi connectivity index (χ2v) is 6.51. The van der Waals surface area contributed by atoms with Gasteiger partial charge in [-0.1, -0.05) is 39.8 Å². The number of hydrogen-bond acceptors (Lipinski definition) is 0. The summed E-state index contributed by atoms with van der Waals surface area (Å²) in [6.07, 6.45) is 8.66. The molecule has 1 aromatic rings. The maximum Gasteiger partial charge on any atom is -0.00899 e. The summed E-state index contributed by atoms with van der Waals surface area (Å²) in [5.41, 5.74) is 6.63. The van der Waals surface area contributed by atoms with Crippen LogP contribution in [0.2, 0.25) is 0 Å². The van der Waals surface area contributed by atoms with Crippen molar-refractivity contribution in [2.24, 2.45) is 5.41 Å². The van der Waals surface area contributed by atoms with Crippen molar-refractivity contribution in [2.75, 3.05) is 0 Å². The standard InChI is InChI=1S/C17H25/c1-5-14-10-13(12-17(2,3)4)11-15-8-6-7-9-16(14)15/h8,10-11H,5-7,9,12H2,1-4H3. The molecule has 0 atom stereocenters. The molecule has 0 saturated heterocycles. The molecule has 1 aromatic carbocycles. The summed E-state index contributed by atoms with van der Waals surface area (Å²) in [6, 6.07) is 4.88. The van der Waals surface area contributed by atoms with E-state index in [-0.39, 0.29) is 0 Å². The van der Waals surface area contributed by atoms with E-state index in [0.29, 0.717) is 5.41 Å². The molecule has 0 aromatic heterocycles. The average molecular weight is 229 g/mol. The van der Waals surface area contributed by atoms with Gasteiger partial charge >= 0.3 is 0 Å². The van der Waals surface area contributed by atoms with E-state index in [0.717, 1.165) is 0 Å². The molecular weight excluding hydrogens is 204 g/mol. The fraction of sp³-hybridized carbons (Fsp3) is 0.588. The highest BCUT2D eigenvalue weighted by molar-refractivity contribution is 5.44. The summed E-state index contributed by atoms with van der Waals surface area (Å²) in [5, 5.41) is 0. The van der Waals surface area contributed by atoms with E-state index in [1.54, 1.807) is 11.1 Å². The van der Waals surface area contributed by atoms with Crippen LogP contribution in [0.4, 0.5) is 0 Å². The van der Waals surface area contributed by atoms with E-state index < -0.39 is 0 Å². The van der Waals surface area contributed by atoms with Crippen LogP contribution in [0, 0.1) is 11.8 Å². The van der Waals surface area contributed by atoms with Crippen molar-refractivity contribution in [1.82, 2.24) is 0 Å². The van der Waals surface area contributed by atoms with Crippen molar-refractivity contribution in [3.8, 4) is 0 Å². The first-order valence-corrected chi connectivity index (χ1v) is 6.97. The van der Waals surface area contributed by atoms with Crippen LogP contribution in [0.3, 0.4) is 0 Å². The Balaban J connectivity index is 2.36. The van der Waals surface area contributed by atoms with Crippen molar-refractivity contribution in [3.63, 3.8) is 0 Å². The molecule has 0 N–H and O–H groups in total. The normalized spacial score (nSPS) is 15.8. The SMILES string of the molecule is CCc1cc(CC(C)(C)C)cc2c1CCC[CH]2. The van der Waals surface area contributed by atoms with Gasteiger partial charge in [-0.3, -0.25) is 0 Å². The van der Waals surface area contributed by atoms with Gasteiger partial charge in [-0.2, -0.15) is 0 Å². The Morgan fingerprint density at radius 3 is 2.59 bits per heavy atom. The van der Waals surface area contributed by atoms with Crippen LogP contribution in [0.15, 0.2) is 12.1 Å². The van der Waals surface area contributed by atoms with Crippen molar-refractivity contribution in [1.29, 1.82) is 0 Å². The van der Waals surface area contributed by atoms with E-state index in [9.17, 15) is 0 Å². The first-order valence-electron chi connectivity index (χ1n) is 6.97. The summed E-state index contributed by atoms with van der Waals surface area (Å²) in [4.78, 5) is 0. The summed E-state index contributed by atoms with van der Waals surface area (Å²) >= 11 is 0. The lowest BCUT2D eigenvalue weighted by Gasteiger charge is -2.23. The highest BCUT2D eigenvalue weighted by atomic mass is 14.2. The molecule has 0 fully saturated rings. The topological polar surface area (TPSA) is 0 Å². The molecular formula is C17H25. The summed E-state index contributed by atoms with van der Waals surface area (Å²) in [6.45, 7) is 9.25. The van der Waals surface area contributed by atoms with Gasteiger partial charge in [0.2, 0.25) is 0 Å². The minimum absolute atomic E-state index is 0.383. The highest BCUT2D eigenvalue weighted by Gasteiger charge is 2.17. The molecule has 1 radical (unpaired) electrons. The summed E-state index contributed by atoms with van der Waals surface area (Å²) in [5.74, 6) is 0. The Morgan fingerprint density at radius 2 is 1.94 bits per heavy atom. The van der Waals surface area contributed by atoms with Crippen molar-refractivity contribution < 1.29 is 0 Å². The number of hydrogen-bond donors (Lipinski definition) is 0. The van der Waals surface area contributed by atoms with Crippen LogP contribution in [0.1, 0.15) is 62.8 Å². The third-order valence-corrected chi connectivity index (χ3v) is 3.55. The van der Waals surface area contributed by atoms with E-state index in [2.05, 4.69) is 46.2 Å². The zero-order valence-corrected chi connectivity index (χ0v) is 11.8. The predicted molar refractivity (Wildman–Crippen MR) is 75.3 cm³/mol. The number of fused-ring (bicyclic) bond motifs is 1. The third-order valence-electron chi connectivity index (χ3n) is 3.55. The van der Waals surface area contributed by atoms with Crippen LogP contribution in [0.5, 0.6) is 0 Å². The van der Waals surface area contributed by atoms with Gasteiger partial charge in [0, 0.05) is 0 Å². The molecule has 0 heterocycles. The monoisotopic (exact) mass is 229 g/mol. The molecule has 0 unspecified atom stereocenters. The largest absolute Gasteiger partial charge is 0.0613 e. The second kappa shape index (κ2) is 4.84. The number of benzene rings is 1. The molecule has 1 aliphatic carbocycles. The molecule has 93 valence electrons. The zero-order chi connectivity index (χ0) is 12.5. The van der Waals surface area contributed by atoms with Gasteiger partial charge in [-0.25, -0.2) is 0 Å². The minimum Gasteiger partial charge on any atom is -0.0613 e. The zero-order valence-electron chi connectivity index (χ0n) is 11.8. The van der Waals surface area contributed by atoms with E-state index in [1.165, 1.54) is 43.2 Å². The van der Waals surface area contributed by atoms with Gasteiger partial charge in [0.1, 0.15) is 0 Å². The fourth-order valence-electron chi connectivity index (χ4n) is 2.88. The van der Waals surface area contributed by atoms with Gasteiger partial charge in [0.15, 0.2) is 0 Å². The lowest BCUT2D eigenvalue weighted by molar-refractivity contribution is 0.411. The van der Waals surface area contributed by atoms with Gasteiger partial charge in [0.05, 0.1) is 0 Å². The first-order chi connectivity index (χ1) is 7.99. The lowest BCUT2D eigenvalue weighted by atomic mass is 9.82. The highest BCUT2D eigenvalue weighted by Crippen LogP contribution is 2.30. The van der Waals surface area contributed by atoms with Crippen LogP contribution >= 0.6 is 0 Å².